The summed E-state index contributed by atoms with van der Waals surface area (Å²) in [4.78, 5) is 11.1. The van der Waals surface area contributed by atoms with Crippen LogP contribution < -0.4 is 4.74 Å². The van der Waals surface area contributed by atoms with Crippen LogP contribution in [0.1, 0.15) is 55.9 Å². The van der Waals surface area contributed by atoms with Crippen molar-refractivity contribution < 1.29 is 19.4 Å². The summed E-state index contributed by atoms with van der Waals surface area (Å²) in [5, 5.41) is 10.4. The summed E-state index contributed by atoms with van der Waals surface area (Å²) < 4.78 is 12.4. The second-order valence-electron chi connectivity index (χ2n) is 8.93. The third-order valence-corrected chi connectivity index (χ3v) is 6.77. The van der Waals surface area contributed by atoms with E-state index < -0.39 is 12.6 Å². The quantitative estimate of drug-likeness (QED) is 0.428. The van der Waals surface area contributed by atoms with Gasteiger partial charge in [0.2, 0.25) is 0 Å². The molecule has 0 radical (unpaired) electrons. The molecule has 0 amide bonds. The number of rotatable bonds is 7. The predicted octanol–water partition coefficient (Wildman–Crippen LogP) is 7.23. The Morgan fingerprint density at radius 2 is 1.91 bits per heavy atom. The fraction of sp³-hybridized carbons (Fsp3) is 0.423. The van der Waals surface area contributed by atoms with Gasteiger partial charge in [-0.25, -0.2) is 4.79 Å². The van der Waals surface area contributed by atoms with Gasteiger partial charge in [-0.05, 0) is 61.6 Å². The summed E-state index contributed by atoms with van der Waals surface area (Å²) in [5.74, 6) is -0.106. The van der Waals surface area contributed by atoms with E-state index in [-0.39, 0.29) is 30.0 Å². The lowest BCUT2D eigenvalue weighted by Crippen LogP contribution is -2.39. The summed E-state index contributed by atoms with van der Waals surface area (Å²) >= 11 is 12.6. The predicted molar refractivity (Wildman–Crippen MR) is 129 cm³/mol. The SMILES string of the molecule is C=C(C)[C@H]1C[C@H](c2ccc(Cl)cc2)[C@H](C(C)C)O[C@@H]1c1cc(Cl)c(C)cc1OCC(=O)O. The second-order valence-corrected chi connectivity index (χ2v) is 9.78. The molecule has 3 rings (SSSR count). The molecular weight excluding hydrogens is 447 g/mol. The van der Waals surface area contributed by atoms with E-state index in [1.54, 1.807) is 6.07 Å². The van der Waals surface area contributed by atoms with Crippen LogP contribution in [0.15, 0.2) is 48.6 Å². The maximum atomic E-state index is 11.1. The minimum atomic E-state index is -1.03. The summed E-state index contributed by atoms with van der Waals surface area (Å²) in [6.07, 6.45) is 0.448. The molecule has 0 bridgehead atoms. The number of hydrogen-bond donors (Lipinski definition) is 1. The number of benzene rings is 2. The molecule has 1 aliphatic rings. The van der Waals surface area contributed by atoms with Gasteiger partial charge in [-0.1, -0.05) is 61.3 Å². The van der Waals surface area contributed by atoms with Crippen molar-refractivity contribution in [2.45, 2.75) is 52.2 Å². The Morgan fingerprint density at radius 3 is 2.47 bits per heavy atom. The van der Waals surface area contributed by atoms with E-state index in [0.29, 0.717) is 15.8 Å². The van der Waals surface area contributed by atoms with Crippen LogP contribution in [0.2, 0.25) is 10.0 Å². The number of aryl methyl sites for hydroxylation is 1. The molecule has 0 aromatic heterocycles. The molecule has 4 nitrogen and oxygen atoms in total. The van der Waals surface area contributed by atoms with Crippen LogP contribution in [-0.4, -0.2) is 23.8 Å². The lowest BCUT2D eigenvalue weighted by Gasteiger charge is -2.44. The van der Waals surface area contributed by atoms with Crippen molar-refractivity contribution in [1.29, 1.82) is 0 Å². The zero-order valence-corrected chi connectivity index (χ0v) is 20.4. The molecule has 1 heterocycles. The number of carboxylic acids is 1. The summed E-state index contributed by atoms with van der Waals surface area (Å²) in [6.45, 7) is 12.0. The van der Waals surface area contributed by atoms with E-state index in [2.05, 4.69) is 32.6 Å². The van der Waals surface area contributed by atoms with E-state index >= 15 is 0 Å². The highest BCUT2D eigenvalue weighted by Crippen LogP contribution is 2.50. The van der Waals surface area contributed by atoms with Gasteiger partial charge in [0.05, 0.1) is 12.2 Å². The van der Waals surface area contributed by atoms with Gasteiger partial charge in [0.15, 0.2) is 6.61 Å². The molecule has 172 valence electrons. The Morgan fingerprint density at radius 1 is 1.25 bits per heavy atom. The summed E-state index contributed by atoms with van der Waals surface area (Å²) in [7, 11) is 0. The highest BCUT2D eigenvalue weighted by Gasteiger charge is 2.42. The van der Waals surface area contributed by atoms with Crippen molar-refractivity contribution in [1.82, 2.24) is 0 Å². The Bertz CT molecular complexity index is 984. The van der Waals surface area contributed by atoms with E-state index in [9.17, 15) is 4.79 Å². The van der Waals surface area contributed by atoms with Crippen molar-refractivity contribution in [2.24, 2.45) is 11.8 Å². The van der Waals surface area contributed by atoms with E-state index in [0.717, 1.165) is 23.1 Å². The molecule has 1 saturated heterocycles. The van der Waals surface area contributed by atoms with E-state index in [1.807, 2.05) is 32.0 Å². The Labute approximate surface area is 200 Å². The van der Waals surface area contributed by atoms with Crippen molar-refractivity contribution in [3.63, 3.8) is 0 Å². The topological polar surface area (TPSA) is 55.8 Å². The minimum absolute atomic E-state index is 0.0108. The summed E-state index contributed by atoms with van der Waals surface area (Å²) in [5.41, 5.74) is 3.76. The average molecular weight is 477 g/mol. The largest absolute Gasteiger partial charge is 0.482 e. The van der Waals surface area contributed by atoms with Crippen LogP contribution in [0, 0.1) is 18.8 Å². The standard InChI is InChI=1S/C26H30Cl2O4/c1-14(2)19-11-20(17-6-8-18(27)9-7-17)25(15(3)4)32-26(19)21-12-22(28)16(5)10-23(21)31-13-24(29)30/h6-10,12,15,19-20,25-26H,1,11,13H2,2-5H3,(H,29,30)/t19-,20-,25+,26+/m1/s1. The minimum Gasteiger partial charge on any atom is -0.482 e. The van der Waals surface area contributed by atoms with Crippen LogP contribution >= 0.6 is 23.2 Å². The lowest BCUT2D eigenvalue weighted by molar-refractivity contribution is -0.139. The first-order valence-electron chi connectivity index (χ1n) is 10.8. The monoisotopic (exact) mass is 476 g/mol. The molecule has 0 saturated carbocycles. The zero-order chi connectivity index (χ0) is 23.6. The number of carboxylic acid groups (broad SMARTS) is 1. The maximum absolute atomic E-state index is 11.1. The highest BCUT2D eigenvalue weighted by molar-refractivity contribution is 6.31. The van der Waals surface area contributed by atoms with Crippen LogP contribution in [0.5, 0.6) is 5.75 Å². The third-order valence-electron chi connectivity index (χ3n) is 6.11. The normalized spacial score (nSPS) is 23.2. The van der Waals surface area contributed by atoms with Gasteiger partial charge < -0.3 is 14.6 Å². The number of aliphatic carboxylic acids is 1. The molecule has 0 unspecified atom stereocenters. The fourth-order valence-corrected chi connectivity index (χ4v) is 4.75. The van der Waals surface area contributed by atoms with Gasteiger partial charge in [-0.2, -0.15) is 0 Å². The zero-order valence-electron chi connectivity index (χ0n) is 18.9. The lowest BCUT2D eigenvalue weighted by atomic mass is 9.73. The number of halogens is 2. The molecule has 1 aliphatic heterocycles. The van der Waals surface area contributed by atoms with Crippen molar-refractivity contribution in [3.05, 3.63) is 75.3 Å². The maximum Gasteiger partial charge on any atom is 0.341 e. The van der Waals surface area contributed by atoms with Gasteiger partial charge in [0.1, 0.15) is 5.75 Å². The fourth-order valence-electron chi connectivity index (χ4n) is 4.45. The number of ether oxygens (including phenoxy) is 2. The Balaban J connectivity index is 2.05. The number of hydrogen-bond acceptors (Lipinski definition) is 3. The van der Waals surface area contributed by atoms with Gasteiger partial charge in [-0.3, -0.25) is 0 Å². The van der Waals surface area contributed by atoms with Crippen LogP contribution in [-0.2, 0) is 9.53 Å². The van der Waals surface area contributed by atoms with Gasteiger partial charge in [0.25, 0.3) is 0 Å². The first-order valence-corrected chi connectivity index (χ1v) is 11.5. The van der Waals surface area contributed by atoms with Crippen molar-refractivity contribution >= 4 is 29.2 Å². The molecule has 0 spiro atoms. The second kappa shape index (κ2) is 10.3. The third kappa shape index (κ3) is 5.48. The first-order chi connectivity index (χ1) is 15.1. The van der Waals surface area contributed by atoms with Crippen molar-refractivity contribution in [3.8, 4) is 5.75 Å². The molecule has 4 atom stereocenters. The van der Waals surface area contributed by atoms with E-state index in [1.165, 1.54) is 5.56 Å². The first kappa shape index (κ1) is 24.6. The molecular formula is C26H30Cl2O4. The number of carbonyl (C=O) groups is 1. The highest BCUT2D eigenvalue weighted by atomic mass is 35.5. The van der Waals surface area contributed by atoms with Crippen LogP contribution in [0.3, 0.4) is 0 Å². The molecule has 6 heteroatoms. The molecule has 0 aliphatic carbocycles. The Hall–Kier alpha value is -2.01. The summed E-state index contributed by atoms with van der Waals surface area (Å²) in [6, 6.07) is 11.6. The van der Waals surface area contributed by atoms with Gasteiger partial charge in [-0.15, -0.1) is 0 Å². The Kier molecular flexibility index (Phi) is 7.92. The van der Waals surface area contributed by atoms with Crippen LogP contribution in [0.25, 0.3) is 0 Å². The molecule has 1 N–H and O–H groups in total. The molecule has 1 fully saturated rings. The van der Waals surface area contributed by atoms with Crippen LogP contribution in [0.4, 0.5) is 0 Å². The molecule has 2 aromatic rings. The molecule has 32 heavy (non-hydrogen) atoms. The van der Waals surface area contributed by atoms with Gasteiger partial charge >= 0.3 is 5.97 Å². The van der Waals surface area contributed by atoms with Crippen molar-refractivity contribution in [2.75, 3.05) is 6.61 Å². The smallest absolute Gasteiger partial charge is 0.341 e. The van der Waals surface area contributed by atoms with E-state index in [4.69, 9.17) is 37.8 Å². The molecule has 2 aromatic carbocycles. The van der Waals surface area contributed by atoms with Gasteiger partial charge in [0, 0.05) is 27.4 Å². The average Bonchev–Trinajstić information content (AvgIpc) is 2.73.